The Morgan fingerprint density at radius 2 is 2.23 bits per heavy atom. The van der Waals surface area contributed by atoms with E-state index in [0.29, 0.717) is 0 Å². The van der Waals surface area contributed by atoms with Crippen molar-refractivity contribution in [3.8, 4) is 0 Å². The Balaban J connectivity index is 1.92. The summed E-state index contributed by atoms with van der Waals surface area (Å²) in [5.41, 5.74) is 0. The Morgan fingerprint density at radius 1 is 1.38 bits per heavy atom. The van der Waals surface area contributed by atoms with Gasteiger partial charge in [0.2, 0.25) is 0 Å². The van der Waals surface area contributed by atoms with Crippen molar-refractivity contribution in [1.29, 1.82) is 0 Å². The molecule has 1 N–H and O–H groups in total. The Kier molecular flexibility index (Phi) is 6.33. The fourth-order valence-electron chi connectivity index (χ4n) is 1.31. The summed E-state index contributed by atoms with van der Waals surface area (Å²) >= 11 is 4.25. The summed E-state index contributed by atoms with van der Waals surface area (Å²) in [6.45, 7) is 6.98. The maximum absolute atomic E-state index is 3.55. The molecular weight excluding hydrogens is 198 g/mol. The number of thioether (sulfide) groups is 2. The van der Waals surface area contributed by atoms with Gasteiger partial charge in [-0.1, -0.05) is 13.8 Å². The van der Waals surface area contributed by atoms with Crippen molar-refractivity contribution in [2.75, 3.05) is 30.3 Å². The normalized spacial score (nSPS) is 23.8. The molecule has 3 heteroatoms. The van der Waals surface area contributed by atoms with Gasteiger partial charge >= 0.3 is 0 Å². The lowest BCUT2D eigenvalue weighted by Gasteiger charge is -2.21. The van der Waals surface area contributed by atoms with Crippen molar-refractivity contribution in [1.82, 2.24) is 5.32 Å². The molecule has 1 atom stereocenters. The van der Waals surface area contributed by atoms with Crippen LogP contribution in [0.15, 0.2) is 0 Å². The van der Waals surface area contributed by atoms with Gasteiger partial charge in [0.1, 0.15) is 0 Å². The molecule has 1 fully saturated rings. The van der Waals surface area contributed by atoms with Gasteiger partial charge in [-0.3, -0.25) is 0 Å². The third-order valence-corrected chi connectivity index (χ3v) is 5.00. The summed E-state index contributed by atoms with van der Waals surface area (Å²) in [5.74, 6) is 4.88. The van der Waals surface area contributed by atoms with Gasteiger partial charge in [0, 0.05) is 29.1 Å². The van der Waals surface area contributed by atoms with E-state index in [-0.39, 0.29) is 0 Å². The zero-order valence-electron chi connectivity index (χ0n) is 8.71. The van der Waals surface area contributed by atoms with Crippen LogP contribution in [0, 0.1) is 5.92 Å². The zero-order valence-corrected chi connectivity index (χ0v) is 10.3. The van der Waals surface area contributed by atoms with E-state index in [0.717, 1.165) is 11.2 Å². The molecule has 1 unspecified atom stereocenters. The van der Waals surface area contributed by atoms with Gasteiger partial charge in [0.15, 0.2) is 0 Å². The lowest BCUT2D eigenvalue weighted by Crippen LogP contribution is -2.30. The van der Waals surface area contributed by atoms with Crippen LogP contribution in [0.1, 0.15) is 20.3 Å². The molecule has 13 heavy (non-hydrogen) atoms. The van der Waals surface area contributed by atoms with Crippen molar-refractivity contribution >= 4 is 23.5 Å². The fourth-order valence-corrected chi connectivity index (χ4v) is 3.95. The standard InChI is InChI=1S/C10H21NS2/c1-9(2)3-4-11-7-10-8-12-5-6-13-10/h9-11H,3-8H2,1-2H3. The fraction of sp³-hybridized carbons (Fsp3) is 1.00. The maximum Gasteiger partial charge on any atom is 0.0263 e. The lowest BCUT2D eigenvalue weighted by atomic mass is 10.1. The van der Waals surface area contributed by atoms with E-state index in [1.807, 2.05) is 0 Å². The van der Waals surface area contributed by atoms with Crippen LogP contribution in [0.2, 0.25) is 0 Å². The van der Waals surface area contributed by atoms with E-state index < -0.39 is 0 Å². The molecular formula is C10H21NS2. The topological polar surface area (TPSA) is 12.0 Å². The van der Waals surface area contributed by atoms with Crippen molar-refractivity contribution in [3.63, 3.8) is 0 Å². The smallest absolute Gasteiger partial charge is 0.0263 e. The number of hydrogen-bond donors (Lipinski definition) is 1. The van der Waals surface area contributed by atoms with Crippen LogP contribution < -0.4 is 5.32 Å². The molecule has 0 saturated carbocycles. The molecule has 0 aromatic rings. The van der Waals surface area contributed by atoms with E-state index >= 15 is 0 Å². The van der Waals surface area contributed by atoms with Crippen LogP contribution in [-0.4, -0.2) is 35.6 Å². The lowest BCUT2D eigenvalue weighted by molar-refractivity contribution is 0.539. The quantitative estimate of drug-likeness (QED) is 0.714. The maximum atomic E-state index is 3.55. The first-order valence-electron chi connectivity index (χ1n) is 5.19. The third kappa shape index (κ3) is 5.87. The summed E-state index contributed by atoms with van der Waals surface area (Å²) < 4.78 is 0. The van der Waals surface area contributed by atoms with Gasteiger partial charge in [-0.15, -0.1) is 0 Å². The first-order valence-corrected chi connectivity index (χ1v) is 7.39. The molecule has 0 bridgehead atoms. The molecule has 1 aliphatic heterocycles. The second-order valence-electron chi connectivity index (χ2n) is 3.95. The van der Waals surface area contributed by atoms with E-state index in [4.69, 9.17) is 0 Å². The molecule has 0 spiro atoms. The van der Waals surface area contributed by atoms with E-state index in [1.54, 1.807) is 0 Å². The molecule has 1 nitrogen and oxygen atoms in total. The third-order valence-electron chi connectivity index (χ3n) is 2.16. The SMILES string of the molecule is CC(C)CCNCC1CSCCS1. The van der Waals surface area contributed by atoms with Crippen molar-refractivity contribution in [2.24, 2.45) is 5.92 Å². The predicted octanol–water partition coefficient (Wildman–Crippen LogP) is 2.47. The second kappa shape index (κ2) is 7.02. The van der Waals surface area contributed by atoms with Crippen LogP contribution in [0.25, 0.3) is 0 Å². The van der Waals surface area contributed by atoms with Gasteiger partial charge in [0.05, 0.1) is 0 Å². The minimum absolute atomic E-state index is 0.834. The first-order chi connectivity index (χ1) is 6.29. The summed E-state index contributed by atoms with van der Waals surface area (Å²) in [7, 11) is 0. The van der Waals surface area contributed by atoms with E-state index in [1.165, 1.54) is 36.8 Å². The molecule has 1 saturated heterocycles. The molecule has 78 valence electrons. The summed E-state index contributed by atoms with van der Waals surface area (Å²) in [4.78, 5) is 0. The Labute approximate surface area is 90.8 Å². The highest BCUT2D eigenvalue weighted by molar-refractivity contribution is 8.06. The van der Waals surface area contributed by atoms with Gasteiger partial charge < -0.3 is 5.32 Å². The molecule has 1 heterocycles. The Hall–Kier alpha value is 0.660. The Bertz CT molecular complexity index is 122. The van der Waals surface area contributed by atoms with Crippen molar-refractivity contribution < 1.29 is 0 Å². The highest BCUT2D eigenvalue weighted by Crippen LogP contribution is 2.23. The number of nitrogens with one attached hydrogen (secondary N) is 1. The van der Waals surface area contributed by atoms with Gasteiger partial charge in [-0.05, 0) is 18.9 Å². The van der Waals surface area contributed by atoms with Crippen molar-refractivity contribution in [3.05, 3.63) is 0 Å². The minimum Gasteiger partial charge on any atom is -0.316 e. The number of hydrogen-bond acceptors (Lipinski definition) is 3. The highest BCUT2D eigenvalue weighted by atomic mass is 32.2. The number of rotatable bonds is 5. The summed E-state index contributed by atoms with van der Waals surface area (Å²) in [6.07, 6.45) is 1.31. The Morgan fingerprint density at radius 3 is 2.85 bits per heavy atom. The highest BCUT2D eigenvalue weighted by Gasteiger charge is 2.13. The monoisotopic (exact) mass is 219 g/mol. The molecule has 0 aromatic heterocycles. The summed E-state index contributed by atoms with van der Waals surface area (Å²) in [5, 5.41) is 4.42. The molecule has 0 amide bonds. The molecule has 1 rings (SSSR count). The van der Waals surface area contributed by atoms with Gasteiger partial charge in [-0.25, -0.2) is 0 Å². The first kappa shape index (κ1) is 11.7. The summed E-state index contributed by atoms with van der Waals surface area (Å²) in [6, 6.07) is 0. The van der Waals surface area contributed by atoms with E-state index in [9.17, 15) is 0 Å². The predicted molar refractivity (Wildman–Crippen MR) is 65.9 cm³/mol. The molecule has 0 aliphatic carbocycles. The molecule has 0 radical (unpaired) electrons. The van der Waals surface area contributed by atoms with Crippen molar-refractivity contribution in [2.45, 2.75) is 25.5 Å². The van der Waals surface area contributed by atoms with Gasteiger partial charge in [0.25, 0.3) is 0 Å². The average Bonchev–Trinajstić information content (AvgIpc) is 2.14. The van der Waals surface area contributed by atoms with Gasteiger partial charge in [-0.2, -0.15) is 23.5 Å². The molecule has 1 aliphatic rings. The van der Waals surface area contributed by atoms with E-state index in [2.05, 4.69) is 42.7 Å². The molecule has 0 aromatic carbocycles. The van der Waals surface area contributed by atoms with Crippen LogP contribution >= 0.6 is 23.5 Å². The average molecular weight is 219 g/mol. The van der Waals surface area contributed by atoms with Crippen LogP contribution in [0.4, 0.5) is 0 Å². The van der Waals surface area contributed by atoms with Crippen LogP contribution in [0.5, 0.6) is 0 Å². The minimum atomic E-state index is 0.834. The largest absolute Gasteiger partial charge is 0.316 e. The second-order valence-corrected chi connectivity index (χ2v) is 6.51. The van der Waals surface area contributed by atoms with Crippen LogP contribution in [-0.2, 0) is 0 Å². The van der Waals surface area contributed by atoms with Crippen LogP contribution in [0.3, 0.4) is 0 Å². The zero-order chi connectivity index (χ0) is 9.52.